The van der Waals surface area contributed by atoms with Crippen LogP contribution in [0.1, 0.15) is 17.2 Å². The van der Waals surface area contributed by atoms with Crippen LogP contribution in [0.25, 0.3) is 0 Å². The number of nitrogens with zero attached hydrogens (tertiary/aromatic N) is 1. The summed E-state index contributed by atoms with van der Waals surface area (Å²) in [6, 6.07) is 7.98. The molecule has 0 aromatic heterocycles. The Balaban J connectivity index is 2.02. The number of aliphatic hydroxyl groups excluding tert-OH is 1. The van der Waals surface area contributed by atoms with Gasteiger partial charge in [0.1, 0.15) is 11.6 Å². The number of rotatable bonds is 6. The molecule has 1 atom stereocenters. The van der Waals surface area contributed by atoms with Crippen LogP contribution in [0.5, 0.6) is 11.5 Å². The van der Waals surface area contributed by atoms with Crippen molar-refractivity contribution in [2.75, 3.05) is 20.7 Å². The molecule has 4 nitrogen and oxygen atoms in total. The van der Waals surface area contributed by atoms with Gasteiger partial charge in [-0.05, 0) is 42.9 Å². The molecule has 6 heteroatoms. The first kappa shape index (κ1) is 17.2. The van der Waals surface area contributed by atoms with Gasteiger partial charge in [-0.3, -0.25) is 4.90 Å². The number of aromatic hydroxyl groups is 1. The highest BCUT2D eigenvalue weighted by Crippen LogP contribution is 2.27. The van der Waals surface area contributed by atoms with Crippen LogP contribution in [0.3, 0.4) is 0 Å². The molecule has 23 heavy (non-hydrogen) atoms. The molecule has 0 saturated carbocycles. The van der Waals surface area contributed by atoms with E-state index in [1.54, 1.807) is 30.1 Å². The maximum atomic E-state index is 13.6. The Morgan fingerprint density at radius 3 is 2.57 bits per heavy atom. The van der Waals surface area contributed by atoms with Crippen molar-refractivity contribution in [2.45, 2.75) is 12.6 Å². The van der Waals surface area contributed by atoms with Crippen molar-refractivity contribution in [1.82, 2.24) is 4.90 Å². The Labute approximate surface area is 133 Å². The third-order valence-corrected chi connectivity index (χ3v) is 3.50. The first-order chi connectivity index (χ1) is 10.9. The number of hydrogen-bond donors (Lipinski definition) is 2. The van der Waals surface area contributed by atoms with Crippen LogP contribution in [-0.4, -0.2) is 35.8 Å². The molecule has 0 fully saturated rings. The minimum atomic E-state index is -1.15. The van der Waals surface area contributed by atoms with Crippen molar-refractivity contribution in [2.24, 2.45) is 0 Å². The highest BCUT2D eigenvalue weighted by molar-refractivity contribution is 5.41. The zero-order valence-corrected chi connectivity index (χ0v) is 13.0. The van der Waals surface area contributed by atoms with Crippen LogP contribution in [0.2, 0.25) is 0 Å². The minimum Gasteiger partial charge on any atom is -0.504 e. The molecule has 0 aliphatic carbocycles. The molecule has 0 saturated heterocycles. The molecule has 0 amide bonds. The molecule has 0 aliphatic heterocycles. The second-order valence-corrected chi connectivity index (χ2v) is 5.38. The first-order valence-corrected chi connectivity index (χ1v) is 7.08. The van der Waals surface area contributed by atoms with Crippen LogP contribution in [0.4, 0.5) is 8.78 Å². The molecule has 124 valence electrons. The van der Waals surface area contributed by atoms with Gasteiger partial charge >= 0.3 is 0 Å². The van der Waals surface area contributed by atoms with Gasteiger partial charge in [-0.15, -0.1) is 0 Å². The quantitative estimate of drug-likeness (QED) is 0.858. The Bertz CT molecular complexity index is 679. The maximum absolute atomic E-state index is 13.6. The van der Waals surface area contributed by atoms with Crippen LogP contribution < -0.4 is 4.74 Å². The average Bonchev–Trinajstić information content (AvgIpc) is 2.49. The maximum Gasteiger partial charge on any atom is 0.160 e. The molecule has 0 heterocycles. The van der Waals surface area contributed by atoms with Gasteiger partial charge in [0.05, 0.1) is 13.2 Å². The van der Waals surface area contributed by atoms with Gasteiger partial charge in [0.15, 0.2) is 11.5 Å². The van der Waals surface area contributed by atoms with E-state index < -0.39 is 17.7 Å². The molecule has 1 unspecified atom stereocenters. The minimum absolute atomic E-state index is 0.0233. The van der Waals surface area contributed by atoms with Crippen LogP contribution in [-0.2, 0) is 6.54 Å². The normalized spacial score (nSPS) is 12.4. The van der Waals surface area contributed by atoms with Gasteiger partial charge in [0, 0.05) is 18.7 Å². The van der Waals surface area contributed by atoms with E-state index in [-0.39, 0.29) is 17.9 Å². The van der Waals surface area contributed by atoms with Crippen LogP contribution in [0.15, 0.2) is 36.4 Å². The Kier molecular flexibility index (Phi) is 5.52. The fourth-order valence-corrected chi connectivity index (χ4v) is 2.37. The van der Waals surface area contributed by atoms with Crippen LogP contribution >= 0.6 is 0 Å². The molecule has 0 bridgehead atoms. The highest BCUT2D eigenvalue weighted by atomic mass is 19.1. The molecule has 2 rings (SSSR count). The van der Waals surface area contributed by atoms with Gasteiger partial charge in [0.2, 0.25) is 0 Å². The lowest BCUT2D eigenvalue weighted by Crippen LogP contribution is -2.24. The summed E-state index contributed by atoms with van der Waals surface area (Å²) in [7, 11) is 3.20. The van der Waals surface area contributed by atoms with Gasteiger partial charge < -0.3 is 14.9 Å². The second kappa shape index (κ2) is 7.39. The lowest BCUT2D eigenvalue weighted by molar-refractivity contribution is 0.120. The first-order valence-electron chi connectivity index (χ1n) is 7.08. The van der Waals surface area contributed by atoms with Gasteiger partial charge in [-0.1, -0.05) is 6.07 Å². The average molecular weight is 323 g/mol. The summed E-state index contributed by atoms with van der Waals surface area (Å²) >= 11 is 0. The number of halogens is 2. The van der Waals surface area contributed by atoms with E-state index in [1.807, 2.05) is 0 Å². The fourth-order valence-electron chi connectivity index (χ4n) is 2.37. The molecule has 2 aromatic carbocycles. The Morgan fingerprint density at radius 1 is 1.17 bits per heavy atom. The van der Waals surface area contributed by atoms with Gasteiger partial charge in [-0.25, -0.2) is 8.78 Å². The highest BCUT2D eigenvalue weighted by Gasteiger charge is 2.16. The van der Waals surface area contributed by atoms with E-state index in [0.717, 1.165) is 23.8 Å². The number of phenols is 1. The van der Waals surface area contributed by atoms with E-state index >= 15 is 0 Å². The fraction of sp³-hybridized carbons (Fsp3) is 0.294. The molecule has 2 aromatic rings. The zero-order valence-electron chi connectivity index (χ0n) is 13.0. The summed E-state index contributed by atoms with van der Waals surface area (Å²) < 4.78 is 31.8. The third-order valence-electron chi connectivity index (χ3n) is 3.50. The van der Waals surface area contributed by atoms with Crippen molar-refractivity contribution in [3.63, 3.8) is 0 Å². The number of likely N-dealkylation sites (N-methyl/N-ethyl adjacent to an activating group) is 1. The van der Waals surface area contributed by atoms with Crippen molar-refractivity contribution in [3.05, 3.63) is 59.2 Å². The van der Waals surface area contributed by atoms with Crippen molar-refractivity contribution >= 4 is 0 Å². The van der Waals surface area contributed by atoms with E-state index in [4.69, 9.17) is 4.74 Å². The predicted octanol–water partition coefficient (Wildman–Crippen LogP) is 2.84. The predicted molar refractivity (Wildman–Crippen MR) is 82.3 cm³/mol. The lowest BCUT2D eigenvalue weighted by Gasteiger charge is -2.21. The summed E-state index contributed by atoms with van der Waals surface area (Å²) in [4.78, 5) is 1.75. The molecule has 0 aliphatic rings. The third kappa shape index (κ3) is 4.40. The summed E-state index contributed by atoms with van der Waals surface area (Å²) in [6.07, 6.45) is -1.15. The molecular formula is C17H19F2NO3. The number of phenolic OH excluding ortho intramolecular Hbond substituents is 1. The molecular weight excluding hydrogens is 304 g/mol. The van der Waals surface area contributed by atoms with Gasteiger partial charge in [0.25, 0.3) is 0 Å². The zero-order chi connectivity index (χ0) is 17.0. The van der Waals surface area contributed by atoms with E-state index in [9.17, 15) is 19.0 Å². The van der Waals surface area contributed by atoms with E-state index in [1.165, 1.54) is 7.11 Å². The molecule has 0 radical (unpaired) electrons. The van der Waals surface area contributed by atoms with E-state index in [2.05, 4.69) is 0 Å². The summed E-state index contributed by atoms with van der Waals surface area (Å²) in [6.45, 7) is 0.540. The summed E-state index contributed by atoms with van der Waals surface area (Å²) in [5, 5.41) is 19.8. The van der Waals surface area contributed by atoms with Crippen LogP contribution in [0, 0.1) is 11.6 Å². The smallest absolute Gasteiger partial charge is 0.160 e. The standard InChI is InChI=1S/C17H19F2NO3/c1-20(9-11-3-6-17(23-2)15(21)7-11)10-16(22)13-8-12(18)4-5-14(13)19/h3-8,16,21-22H,9-10H2,1-2H3. The number of benzene rings is 2. The SMILES string of the molecule is COc1ccc(CN(C)CC(O)c2cc(F)ccc2F)cc1O. The summed E-state index contributed by atoms with van der Waals surface area (Å²) in [5.74, 6) is -0.842. The Morgan fingerprint density at radius 2 is 1.91 bits per heavy atom. The topological polar surface area (TPSA) is 52.9 Å². The lowest BCUT2D eigenvalue weighted by atomic mass is 10.1. The number of aliphatic hydroxyl groups is 1. The van der Waals surface area contributed by atoms with E-state index in [0.29, 0.717) is 12.3 Å². The Hall–Kier alpha value is -2.18. The number of methoxy groups -OCH3 is 1. The summed E-state index contributed by atoms with van der Waals surface area (Å²) in [5.41, 5.74) is 0.729. The molecule has 2 N–H and O–H groups in total. The second-order valence-electron chi connectivity index (χ2n) is 5.38. The van der Waals surface area contributed by atoms with Crippen molar-refractivity contribution in [3.8, 4) is 11.5 Å². The number of hydrogen-bond acceptors (Lipinski definition) is 4. The number of ether oxygens (including phenoxy) is 1. The monoisotopic (exact) mass is 323 g/mol. The molecule has 0 spiro atoms. The van der Waals surface area contributed by atoms with Crippen molar-refractivity contribution < 1.29 is 23.7 Å². The largest absolute Gasteiger partial charge is 0.504 e. The van der Waals surface area contributed by atoms with Crippen molar-refractivity contribution in [1.29, 1.82) is 0 Å². The van der Waals surface area contributed by atoms with Gasteiger partial charge in [-0.2, -0.15) is 0 Å².